The standard InChI is InChI=1S/C19H30N2O2S/c1-7-14(3)16(21-18(22)23-19(4,5)6)12-20-17(24)15-10-8-13(2)9-11-15/h8-11,14,16H,7,12H2,1-6H3,(H,20,24)(H,21,22). The number of rotatable bonds is 6. The number of benzene rings is 1. The molecule has 0 bridgehead atoms. The van der Waals surface area contributed by atoms with Gasteiger partial charge in [-0.05, 0) is 33.6 Å². The lowest BCUT2D eigenvalue weighted by molar-refractivity contribution is 0.0488. The summed E-state index contributed by atoms with van der Waals surface area (Å²) >= 11 is 5.45. The molecule has 0 saturated heterocycles. The lowest BCUT2D eigenvalue weighted by Gasteiger charge is -2.27. The van der Waals surface area contributed by atoms with Crippen molar-refractivity contribution in [1.82, 2.24) is 10.6 Å². The number of ether oxygens (including phenoxy) is 1. The average molecular weight is 351 g/mol. The maximum absolute atomic E-state index is 12.0. The second-order valence-corrected chi connectivity index (χ2v) is 7.62. The number of aryl methyl sites for hydroxylation is 1. The Morgan fingerprint density at radius 1 is 1.25 bits per heavy atom. The molecule has 0 aliphatic rings. The van der Waals surface area contributed by atoms with Crippen LogP contribution in [0.3, 0.4) is 0 Å². The van der Waals surface area contributed by atoms with E-state index in [0.717, 1.165) is 12.0 Å². The Balaban J connectivity index is 2.64. The first-order chi connectivity index (χ1) is 11.1. The number of thiocarbonyl (C=S) groups is 1. The van der Waals surface area contributed by atoms with Gasteiger partial charge in [0.1, 0.15) is 10.6 Å². The summed E-state index contributed by atoms with van der Waals surface area (Å²) in [5.74, 6) is 0.311. The van der Waals surface area contributed by atoms with Crippen LogP contribution < -0.4 is 10.6 Å². The topological polar surface area (TPSA) is 50.4 Å². The summed E-state index contributed by atoms with van der Waals surface area (Å²) in [5.41, 5.74) is 1.68. The molecule has 0 aromatic heterocycles. The van der Waals surface area contributed by atoms with Gasteiger partial charge >= 0.3 is 6.09 Å². The number of carbonyl (C=O) groups is 1. The minimum Gasteiger partial charge on any atom is -0.444 e. The molecule has 0 spiro atoms. The zero-order valence-electron chi connectivity index (χ0n) is 15.6. The van der Waals surface area contributed by atoms with E-state index in [9.17, 15) is 4.79 Å². The van der Waals surface area contributed by atoms with E-state index in [0.29, 0.717) is 17.5 Å². The fourth-order valence-corrected chi connectivity index (χ4v) is 2.37. The Hall–Kier alpha value is -1.62. The molecule has 2 unspecified atom stereocenters. The van der Waals surface area contributed by atoms with Crippen LogP contribution in [0, 0.1) is 12.8 Å². The Morgan fingerprint density at radius 3 is 2.33 bits per heavy atom. The van der Waals surface area contributed by atoms with E-state index in [4.69, 9.17) is 17.0 Å². The largest absolute Gasteiger partial charge is 0.444 e. The minimum absolute atomic E-state index is 0.0479. The van der Waals surface area contributed by atoms with Gasteiger partial charge in [-0.2, -0.15) is 0 Å². The van der Waals surface area contributed by atoms with Crippen LogP contribution in [0.5, 0.6) is 0 Å². The van der Waals surface area contributed by atoms with E-state index in [1.165, 1.54) is 5.56 Å². The van der Waals surface area contributed by atoms with E-state index < -0.39 is 11.7 Å². The molecule has 0 fully saturated rings. The molecule has 134 valence electrons. The van der Waals surface area contributed by atoms with Gasteiger partial charge in [-0.15, -0.1) is 0 Å². The molecule has 2 N–H and O–H groups in total. The van der Waals surface area contributed by atoms with Crippen molar-refractivity contribution in [3.05, 3.63) is 35.4 Å². The second kappa shape index (κ2) is 9.02. The maximum Gasteiger partial charge on any atom is 0.407 e. The molecule has 5 heteroatoms. The van der Waals surface area contributed by atoms with Gasteiger partial charge in [-0.1, -0.05) is 62.3 Å². The summed E-state index contributed by atoms with van der Waals surface area (Å²) in [6, 6.07) is 8.03. The van der Waals surface area contributed by atoms with Gasteiger partial charge < -0.3 is 15.4 Å². The lowest BCUT2D eigenvalue weighted by Crippen LogP contribution is -2.48. The summed E-state index contributed by atoms with van der Waals surface area (Å²) in [4.78, 5) is 12.7. The van der Waals surface area contributed by atoms with Crippen LogP contribution in [0.2, 0.25) is 0 Å². The molecule has 0 aliphatic carbocycles. The first kappa shape index (κ1) is 20.4. The number of amides is 1. The first-order valence-electron chi connectivity index (χ1n) is 8.46. The van der Waals surface area contributed by atoms with Gasteiger partial charge in [-0.25, -0.2) is 4.79 Å². The summed E-state index contributed by atoms with van der Waals surface area (Å²) in [7, 11) is 0. The normalized spacial score (nSPS) is 13.8. The highest BCUT2D eigenvalue weighted by Crippen LogP contribution is 2.11. The minimum atomic E-state index is -0.505. The Morgan fingerprint density at radius 2 is 1.83 bits per heavy atom. The van der Waals surface area contributed by atoms with Crippen molar-refractivity contribution in [1.29, 1.82) is 0 Å². The van der Waals surface area contributed by atoms with Gasteiger partial charge in [-0.3, -0.25) is 0 Å². The quantitative estimate of drug-likeness (QED) is 0.755. The van der Waals surface area contributed by atoms with Crippen molar-refractivity contribution < 1.29 is 9.53 Å². The van der Waals surface area contributed by atoms with Crippen LogP contribution in [0.15, 0.2) is 24.3 Å². The predicted molar refractivity (Wildman–Crippen MR) is 103 cm³/mol. The average Bonchev–Trinajstić information content (AvgIpc) is 2.49. The molecular formula is C19H30N2O2S. The monoisotopic (exact) mass is 350 g/mol. The lowest BCUT2D eigenvalue weighted by atomic mass is 9.99. The van der Waals surface area contributed by atoms with Gasteiger partial charge in [0.2, 0.25) is 0 Å². The smallest absolute Gasteiger partial charge is 0.407 e. The van der Waals surface area contributed by atoms with E-state index in [1.54, 1.807) is 0 Å². The molecule has 4 nitrogen and oxygen atoms in total. The third kappa shape index (κ3) is 7.30. The number of hydrogen-bond acceptors (Lipinski definition) is 3. The van der Waals surface area contributed by atoms with E-state index in [2.05, 4.69) is 24.5 Å². The van der Waals surface area contributed by atoms with Crippen molar-refractivity contribution in [2.24, 2.45) is 5.92 Å². The molecule has 0 heterocycles. The summed E-state index contributed by atoms with van der Waals surface area (Å²) in [6.45, 7) is 12.4. The Bertz CT molecular complexity index is 549. The number of alkyl carbamates (subject to hydrolysis) is 1. The Kier molecular flexibility index (Phi) is 7.67. The highest BCUT2D eigenvalue weighted by atomic mass is 32.1. The maximum atomic E-state index is 12.0. The SMILES string of the molecule is CCC(C)C(CNC(=S)c1ccc(C)cc1)NC(=O)OC(C)(C)C. The summed E-state index contributed by atoms with van der Waals surface area (Å²) in [5, 5.41) is 6.22. The van der Waals surface area contributed by atoms with Gasteiger partial charge in [0.05, 0.1) is 6.04 Å². The van der Waals surface area contributed by atoms with Crippen molar-refractivity contribution >= 4 is 23.3 Å². The Labute approximate surface area is 151 Å². The molecule has 1 aromatic carbocycles. The predicted octanol–water partition coefficient (Wildman–Crippen LogP) is 4.20. The fourth-order valence-electron chi connectivity index (χ4n) is 2.15. The highest BCUT2D eigenvalue weighted by Gasteiger charge is 2.22. The zero-order valence-corrected chi connectivity index (χ0v) is 16.4. The van der Waals surface area contributed by atoms with Crippen LogP contribution in [0.4, 0.5) is 4.79 Å². The molecular weight excluding hydrogens is 320 g/mol. The van der Waals surface area contributed by atoms with E-state index >= 15 is 0 Å². The fraction of sp³-hybridized carbons (Fsp3) is 0.579. The third-order valence-electron chi connectivity index (χ3n) is 3.83. The number of carbonyl (C=O) groups excluding carboxylic acids is 1. The van der Waals surface area contributed by atoms with E-state index in [-0.39, 0.29) is 6.04 Å². The highest BCUT2D eigenvalue weighted by molar-refractivity contribution is 7.80. The van der Waals surface area contributed by atoms with Crippen LogP contribution in [-0.2, 0) is 4.74 Å². The van der Waals surface area contributed by atoms with Crippen LogP contribution >= 0.6 is 12.2 Å². The van der Waals surface area contributed by atoms with E-state index in [1.807, 2.05) is 52.0 Å². The molecule has 1 amide bonds. The molecule has 1 aromatic rings. The van der Waals surface area contributed by atoms with Crippen LogP contribution in [-0.4, -0.2) is 29.3 Å². The molecule has 24 heavy (non-hydrogen) atoms. The molecule has 0 radical (unpaired) electrons. The molecule has 0 saturated carbocycles. The first-order valence-corrected chi connectivity index (χ1v) is 8.87. The number of nitrogens with one attached hydrogen (secondary N) is 2. The van der Waals surface area contributed by atoms with Crippen LogP contribution in [0.25, 0.3) is 0 Å². The van der Waals surface area contributed by atoms with Crippen molar-refractivity contribution in [2.45, 2.75) is 59.6 Å². The second-order valence-electron chi connectivity index (χ2n) is 7.21. The van der Waals surface area contributed by atoms with Crippen molar-refractivity contribution in [3.63, 3.8) is 0 Å². The molecule has 2 atom stereocenters. The summed E-state index contributed by atoms with van der Waals surface area (Å²) < 4.78 is 5.36. The van der Waals surface area contributed by atoms with Crippen molar-refractivity contribution in [2.75, 3.05) is 6.54 Å². The summed E-state index contributed by atoms with van der Waals surface area (Å²) in [6.07, 6.45) is 0.565. The van der Waals surface area contributed by atoms with Gasteiger partial charge in [0.25, 0.3) is 0 Å². The number of hydrogen-bond donors (Lipinski definition) is 2. The molecule has 0 aliphatic heterocycles. The zero-order chi connectivity index (χ0) is 18.3. The van der Waals surface area contributed by atoms with Crippen molar-refractivity contribution in [3.8, 4) is 0 Å². The molecule has 1 rings (SSSR count). The third-order valence-corrected chi connectivity index (χ3v) is 4.21. The van der Waals surface area contributed by atoms with Crippen LogP contribution in [0.1, 0.15) is 52.2 Å². The van der Waals surface area contributed by atoms with Gasteiger partial charge in [0.15, 0.2) is 0 Å². The van der Waals surface area contributed by atoms with Gasteiger partial charge in [0, 0.05) is 12.1 Å².